The van der Waals surface area contributed by atoms with Gasteiger partial charge in [0, 0.05) is 19.2 Å². The maximum Gasteiger partial charge on any atom is 0.0588 e. The van der Waals surface area contributed by atoms with Crippen LogP contribution in [0.2, 0.25) is 0 Å². The summed E-state index contributed by atoms with van der Waals surface area (Å²) in [6, 6.07) is 0.0563. The van der Waals surface area contributed by atoms with E-state index in [0.29, 0.717) is 19.8 Å². The minimum Gasteiger partial charge on any atom is -0.380 e. The molecule has 70 valence electrons. The van der Waals surface area contributed by atoms with Crippen molar-refractivity contribution in [3.63, 3.8) is 0 Å². The predicted octanol–water partition coefficient (Wildman–Crippen LogP) is 0.421. The highest BCUT2D eigenvalue weighted by Crippen LogP contribution is 1.91. The highest BCUT2D eigenvalue weighted by atomic mass is 16.5. The Morgan fingerprint density at radius 1 is 1.42 bits per heavy atom. The fraction of sp³-hybridized carbons (Fsp3) is 0.556. The van der Waals surface area contributed by atoms with Crippen molar-refractivity contribution in [2.45, 2.75) is 12.5 Å². The average Bonchev–Trinajstić information content (AvgIpc) is 2.09. The lowest BCUT2D eigenvalue weighted by Gasteiger charge is -2.05. The van der Waals surface area contributed by atoms with Crippen molar-refractivity contribution in [2.75, 3.05) is 19.8 Å². The third-order valence-electron chi connectivity index (χ3n) is 1.35. The molecule has 0 fully saturated rings. The van der Waals surface area contributed by atoms with Crippen molar-refractivity contribution < 1.29 is 4.74 Å². The zero-order chi connectivity index (χ0) is 9.23. The van der Waals surface area contributed by atoms with Gasteiger partial charge in [0.25, 0.3) is 0 Å². The molecule has 3 nitrogen and oxygen atoms in total. The third-order valence-corrected chi connectivity index (χ3v) is 1.35. The second kappa shape index (κ2) is 8.46. The van der Waals surface area contributed by atoms with Gasteiger partial charge in [-0.15, -0.1) is 0 Å². The molecule has 0 aliphatic rings. The molecule has 4 N–H and O–H groups in total. The zero-order valence-corrected chi connectivity index (χ0v) is 7.41. The van der Waals surface area contributed by atoms with Crippen LogP contribution in [0.25, 0.3) is 0 Å². The van der Waals surface area contributed by atoms with Crippen molar-refractivity contribution >= 4 is 0 Å². The van der Waals surface area contributed by atoms with Crippen LogP contribution in [0.15, 0.2) is 24.8 Å². The lowest BCUT2D eigenvalue weighted by molar-refractivity contribution is 0.137. The minimum atomic E-state index is 0.0563. The van der Waals surface area contributed by atoms with Crippen LogP contribution in [0, 0.1) is 0 Å². The summed E-state index contributed by atoms with van der Waals surface area (Å²) in [6.07, 6.45) is 6.28. The number of nitrogens with two attached hydrogens (primary N) is 2. The summed E-state index contributed by atoms with van der Waals surface area (Å²) in [6.45, 7) is 5.39. The maximum absolute atomic E-state index is 5.70. The van der Waals surface area contributed by atoms with Gasteiger partial charge in [-0.2, -0.15) is 0 Å². The van der Waals surface area contributed by atoms with Gasteiger partial charge in [0.2, 0.25) is 0 Å². The minimum absolute atomic E-state index is 0.0563. The molecule has 12 heavy (non-hydrogen) atoms. The molecule has 0 aliphatic carbocycles. The molecular weight excluding hydrogens is 152 g/mol. The Balaban J connectivity index is 3.24. The van der Waals surface area contributed by atoms with Crippen LogP contribution >= 0.6 is 0 Å². The van der Waals surface area contributed by atoms with Gasteiger partial charge in [-0.3, -0.25) is 0 Å². The van der Waals surface area contributed by atoms with Gasteiger partial charge in [0.05, 0.1) is 6.61 Å². The van der Waals surface area contributed by atoms with E-state index in [4.69, 9.17) is 16.2 Å². The number of hydrogen-bond acceptors (Lipinski definition) is 3. The average molecular weight is 170 g/mol. The van der Waals surface area contributed by atoms with Crippen molar-refractivity contribution in [1.29, 1.82) is 0 Å². The third kappa shape index (κ3) is 7.47. The Labute approximate surface area is 74.1 Å². The SMILES string of the molecule is C=C/C=C\C(N)CCOCCN. The van der Waals surface area contributed by atoms with Crippen molar-refractivity contribution in [3.8, 4) is 0 Å². The molecule has 0 spiro atoms. The molecule has 1 unspecified atom stereocenters. The van der Waals surface area contributed by atoms with Crippen LogP contribution < -0.4 is 11.5 Å². The van der Waals surface area contributed by atoms with Crippen molar-refractivity contribution in [1.82, 2.24) is 0 Å². The van der Waals surface area contributed by atoms with Crippen LogP contribution in [-0.4, -0.2) is 25.8 Å². The van der Waals surface area contributed by atoms with E-state index < -0.39 is 0 Å². The summed E-state index contributed by atoms with van der Waals surface area (Å²) in [5.74, 6) is 0. The smallest absolute Gasteiger partial charge is 0.0588 e. The molecular formula is C9H18N2O. The Morgan fingerprint density at radius 3 is 2.75 bits per heavy atom. The van der Waals surface area contributed by atoms with E-state index in [1.165, 1.54) is 0 Å². The number of hydrogen-bond donors (Lipinski definition) is 2. The van der Waals surface area contributed by atoms with E-state index in [9.17, 15) is 0 Å². The molecule has 0 aromatic rings. The van der Waals surface area contributed by atoms with Crippen LogP contribution in [-0.2, 0) is 4.74 Å². The van der Waals surface area contributed by atoms with Crippen LogP contribution in [0.4, 0.5) is 0 Å². The van der Waals surface area contributed by atoms with E-state index in [-0.39, 0.29) is 6.04 Å². The first-order valence-electron chi connectivity index (χ1n) is 4.14. The molecule has 0 saturated heterocycles. The first kappa shape index (κ1) is 11.4. The summed E-state index contributed by atoms with van der Waals surface area (Å²) in [5.41, 5.74) is 10.9. The molecule has 0 heterocycles. The Hall–Kier alpha value is -0.640. The molecule has 0 aromatic heterocycles. The van der Waals surface area contributed by atoms with Gasteiger partial charge < -0.3 is 16.2 Å². The Morgan fingerprint density at radius 2 is 2.17 bits per heavy atom. The van der Waals surface area contributed by atoms with Crippen LogP contribution in [0.5, 0.6) is 0 Å². The van der Waals surface area contributed by atoms with E-state index in [0.717, 1.165) is 6.42 Å². The molecule has 3 heteroatoms. The Bertz CT molecular complexity index is 134. The summed E-state index contributed by atoms with van der Waals surface area (Å²) in [4.78, 5) is 0. The number of rotatable bonds is 7. The van der Waals surface area contributed by atoms with Crippen LogP contribution in [0.1, 0.15) is 6.42 Å². The van der Waals surface area contributed by atoms with E-state index in [1.807, 2.05) is 12.2 Å². The van der Waals surface area contributed by atoms with Gasteiger partial charge in [-0.25, -0.2) is 0 Å². The van der Waals surface area contributed by atoms with Crippen molar-refractivity contribution in [2.24, 2.45) is 11.5 Å². The topological polar surface area (TPSA) is 61.3 Å². The fourth-order valence-electron chi connectivity index (χ4n) is 0.722. The number of ether oxygens (including phenoxy) is 1. The lowest BCUT2D eigenvalue weighted by Crippen LogP contribution is -2.20. The van der Waals surface area contributed by atoms with E-state index >= 15 is 0 Å². The zero-order valence-electron chi connectivity index (χ0n) is 7.41. The van der Waals surface area contributed by atoms with Crippen LogP contribution in [0.3, 0.4) is 0 Å². The highest BCUT2D eigenvalue weighted by Gasteiger charge is 1.95. The quantitative estimate of drug-likeness (QED) is 0.430. The van der Waals surface area contributed by atoms with Gasteiger partial charge in [-0.1, -0.05) is 24.8 Å². The normalized spacial score (nSPS) is 13.5. The molecule has 0 bridgehead atoms. The van der Waals surface area contributed by atoms with Gasteiger partial charge in [0.15, 0.2) is 0 Å². The van der Waals surface area contributed by atoms with Gasteiger partial charge >= 0.3 is 0 Å². The van der Waals surface area contributed by atoms with Crippen molar-refractivity contribution in [3.05, 3.63) is 24.8 Å². The summed E-state index contributed by atoms with van der Waals surface area (Å²) in [7, 11) is 0. The van der Waals surface area contributed by atoms with Gasteiger partial charge in [0.1, 0.15) is 0 Å². The second-order valence-electron chi connectivity index (χ2n) is 2.47. The summed E-state index contributed by atoms with van der Waals surface area (Å²) < 4.78 is 5.17. The van der Waals surface area contributed by atoms with Gasteiger partial charge in [-0.05, 0) is 6.42 Å². The summed E-state index contributed by atoms with van der Waals surface area (Å²) in [5, 5.41) is 0. The molecule has 0 saturated carbocycles. The highest BCUT2D eigenvalue weighted by molar-refractivity contribution is 5.01. The molecule has 0 amide bonds. The first-order valence-corrected chi connectivity index (χ1v) is 4.14. The molecule has 0 aromatic carbocycles. The predicted molar refractivity (Wildman–Crippen MR) is 51.8 cm³/mol. The lowest BCUT2D eigenvalue weighted by atomic mass is 10.2. The van der Waals surface area contributed by atoms with E-state index in [1.54, 1.807) is 6.08 Å². The molecule has 0 rings (SSSR count). The fourth-order valence-corrected chi connectivity index (χ4v) is 0.722. The second-order valence-corrected chi connectivity index (χ2v) is 2.47. The molecule has 1 atom stereocenters. The number of allylic oxidation sites excluding steroid dienone is 2. The first-order chi connectivity index (χ1) is 5.81. The summed E-state index contributed by atoms with van der Waals surface area (Å²) >= 11 is 0. The monoisotopic (exact) mass is 170 g/mol. The molecule has 0 aliphatic heterocycles. The van der Waals surface area contributed by atoms with E-state index in [2.05, 4.69) is 6.58 Å². The molecule has 0 radical (unpaired) electrons. The maximum atomic E-state index is 5.70. The standard InChI is InChI=1S/C9H18N2O/c1-2-3-4-9(11)5-7-12-8-6-10/h2-4,9H,1,5-8,10-11H2/b4-3-. The largest absolute Gasteiger partial charge is 0.380 e. The Kier molecular flexibility index (Phi) is 8.01.